The van der Waals surface area contributed by atoms with E-state index in [1.165, 1.54) is 0 Å². The van der Waals surface area contributed by atoms with Gasteiger partial charge in [-0.2, -0.15) is 0 Å². The third-order valence-electron chi connectivity index (χ3n) is 2.13. The molecule has 0 aliphatic carbocycles. The van der Waals surface area contributed by atoms with Gasteiger partial charge in [-0.15, -0.1) is 0 Å². The van der Waals surface area contributed by atoms with Crippen molar-refractivity contribution in [2.24, 2.45) is 0 Å². The molecule has 0 aromatic heterocycles. The van der Waals surface area contributed by atoms with E-state index in [9.17, 15) is 4.79 Å². The zero-order chi connectivity index (χ0) is 13.5. The molecule has 100 valence electrons. The number of hydrogen-bond acceptors (Lipinski definition) is 4. The standard InChI is InChI=1S/C13H17BrO4/c1-4-16-11-8-10(14)12(17-5-2)7-9(11)13(15)18-6-3/h7-8H,4-6H2,1-3H3. The highest BCUT2D eigenvalue weighted by Crippen LogP contribution is 2.33. The molecule has 0 saturated heterocycles. The van der Waals surface area contributed by atoms with Crippen LogP contribution < -0.4 is 9.47 Å². The van der Waals surface area contributed by atoms with E-state index in [1.807, 2.05) is 13.8 Å². The van der Waals surface area contributed by atoms with Crippen molar-refractivity contribution in [3.8, 4) is 11.5 Å². The first-order chi connectivity index (χ1) is 8.63. The summed E-state index contributed by atoms with van der Waals surface area (Å²) in [6.07, 6.45) is 0. The first kappa shape index (κ1) is 14.8. The first-order valence-electron chi connectivity index (χ1n) is 5.90. The van der Waals surface area contributed by atoms with Crippen LogP contribution in [0.3, 0.4) is 0 Å². The van der Waals surface area contributed by atoms with Gasteiger partial charge in [0.2, 0.25) is 0 Å². The van der Waals surface area contributed by atoms with Gasteiger partial charge in [-0.3, -0.25) is 0 Å². The average Bonchev–Trinajstić information content (AvgIpc) is 2.33. The molecule has 0 unspecified atom stereocenters. The van der Waals surface area contributed by atoms with E-state index in [0.717, 1.165) is 4.47 Å². The summed E-state index contributed by atoms with van der Waals surface area (Å²) in [6.45, 7) is 6.83. The van der Waals surface area contributed by atoms with Crippen LogP contribution in [0.1, 0.15) is 31.1 Å². The highest BCUT2D eigenvalue weighted by atomic mass is 79.9. The van der Waals surface area contributed by atoms with Gasteiger partial charge in [-0.1, -0.05) is 0 Å². The highest BCUT2D eigenvalue weighted by molar-refractivity contribution is 9.10. The van der Waals surface area contributed by atoms with Crippen molar-refractivity contribution in [3.05, 3.63) is 22.2 Å². The molecule has 0 spiro atoms. The fourth-order valence-corrected chi connectivity index (χ4v) is 1.88. The normalized spacial score (nSPS) is 10.0. The van der Waals surface area contributed by atoms with E-state index in [-0.39, 0.29) is 0 Å². The van der Waals surface area contributed by atoms with Crippen LogP contribution in [-0.2, 0) is 4.74 Å². The SMILES string of the molecule is CCOC(=O)c1cc(OCC)c(Br)cc1OCC. The Kier molecular flexibility index (Phi) is 5.98. The Bertz CT molecular complexity index is 418. The number of halogens is 1. The molecule has 4 nitrogen and oxygen atoms in total. The predicted octanol–water partition coefficient (Wildman–Crippen LogP) is 3.42. The molecule has 18 heavy (non-hydrogen) atoms. The summed E-state index contributed by atoms with van der Waals surface area (Å²) in [7, 11) is 0. The zero-order valence-electron chi connectivity index (χ0n) is 10.8. The van der Waals surface area contributed by atoms with Gasteiger partial charge in [0, 0.05) is 0 Å². The molecule has 0 saturated carbocycles. The second kappa shape index (κ2) is 7.26. The molecule has 1 rings (SSSR count). The van der Waals surface area contributed by atoms with Gasteiger partial charge in [0.25, 0.3) is 0 Å². The fraction of sp³-hybridized carbons (Fsp3) is 0.462. The van der Waals surface area contributed by atoms with Crippen molar-refractivity contribution in [2.45, 2.75) is 20.8 Å². The molecule has 0 heterocycles. The number of carbonyl (C=O) groups is 1. The summed E-state index contributed by atoms with van der Waals surface area (Å²) >= 11 is 3.38. The highest BCUT2D eigenvalue weighted by Gasteiger charge is 2.17. The predicted molar refractivity (Wildman–Crippen MR) is 72.4 cm³/mol. The Labute approximate surface area is 115 Å². The van der Waals surface area contributed by atoms with Crippen molar-refractivity contribution in [1.29, 1.82) is 0 Å². The van der Waals surface area contributed by atoms with Gasteiger partial charge in [0.05, 0.1) is 24.3 Å². The van der Waals surface area contributed by atoms with Gasteiger partial charge in [0.15, 0.2) is 0 Å². The Morgan fingerprint density at radius 3 is 2.22 bits per heavy atom. The van der Waals surface area contributed by atoms with Crippen LogP contribution in [0.5, 0.6) is 11.5 Å². The molecule has 0 radical (unpaired) electrons. The minimum Gasteiger partial charge on any atom is -0.493 e. The summed E-state index contributed by atoms with van der Waals surface area (Å²) in [4.78, 5) is 11.8. The van der Waals surface area contributed by atoms with E-state index in [1.54, 1.807) is 19.1 Å². The Hall–Kier alpha value is -1.23. The summed E-state index contributed by atoms with van der Waals surface area (Å²) in [5.74, 6) is 0.685. The van der Waals surface area contributed by atoms with Crippen molar-refractivity contribution in [2.75, 3.05) is 19.8 Å². The van der Waals surface area contributed by atoms with Crippen molar-refractivity contribution in [1.82, 2.24) is 0 Å². The van der Waals surface area contributed by atoms with Crippen LogP contribution >= 0.6 is 15.9 Å². The lowest BCUT2D eigenvalue weighted by molar-refractivity contribution is 0.0521. The van der Waals surface area contributed by atoms with E-state index in [0.29, 0.717) is 36.9 Å². The summed E-state index contributed by atoms with van der Waals surface area (Å²) < 4.78 is 16.6. The lowest BCUT2D eigenvalue weighted by atomic mass is 10.2. The number of hydrogen-bond donors (Lipinski definition) is 0. The zero-order valence-corrected chi connectivity index (χ0v) is 12.4. The lowest BCUT2D eigenvalue weighted by Crippen LogP contribution is -2.08. The molecule has 1 aromatic rings. The summed E-state index contributed by atoms with van der Waals surface area (Å²) in [5, 5.41) is 0. The topological polar surface area (TPSA) is 44.8 Å². The Morgan fingerprint density at radius 1 is 1.06 bits per heavy atom. The summed E-state index contributed by atoms with van der Waals surface area (Å²) in [6, 6.07) is 3.36. The number of ether oxygens (including phenoxy) is 3. The molecule has 0 fully saturated rings. The second-order valence-corrected chi connectivity index (χ2v) is 4.22. The van der Waals surface area contributed by atoms with E-state index < -0.39 is 5.97 Å². The van der Waals surface area contributed by atoms with Crippen LogP contribution in [0.25, 0.3) is 0 Å². The van der Waals surface area contributed by atoms with Crippen molar-refractivity contribution in [3.63, 3.8) is 0 Å². The lowest BCUT2D eigenvalue weighted by Gasteiger charge is -2.13. The molecular formula is C13H17BrO4. The van der Waals surface area contributed by atoms with Gasteiger partial charge in [-0.25, -0.2) is 4.79 Å². The largest absolute Gasteiger partial charge is 0.493 e. The van der Waals surface area contributed by atoms with Crippen molar-refractivity contribution >= 4 is 21.9 Å². The van der Waals surface area contributed by atoms with Gasteiger partial charge in [0.1, 0.15) is 17.1 Å². The fourth-order valence-electron chi connectivity index (χ4n) is 1.44. The quantitative estimate of drug-likeness (QED) is 0.754. The smallest absolute Gasteiger partial charge is 0.342 e. The second-order valence-electron chi connectivity index (χ2n) is 3.37. The number of carbonyl (C=O) groups excluding carboxylic acids is 1. The average molecular weight is 317 g/mol. The van der Waals surface area contributed by atoms with E-state index >= 15 is 0 Å². The van der Waals surface area contributed by atoms with E-state index in [2.05, 4.69) is 15.9 Å². The van der Waals surface area contributed by atoms with Crippen LogP contribution in [0, 0.1) is 0 Å². The maximum Gasteiger partial charge on any atom is 0.342 e. The molecular weight excluding hydrogens is 300 g/mol. The Balaban J connectivity index is 3.16. The molecule has 1 aromatic carbocycles. The molecule has 5 heteroatoms. The van der Waals surface area contributed by atoms with Gasteiger partial charge < -0.3 is 14.2 Å². The Morgan fingerprint density at radius 2 is 1.67 bits per heavy atom. The monoisotopic (exact) mass is 316 g/mol. The van der Waals surface area contributed by atoms with Crippen LogP contribution in [-0.4, -0.2) is 25.8 Å². The minimum absolute atomic E-state index is 0.324. The van der Waals surface area contributed by atoms with E-state index in [4.69, 9.17) is 14.2 Å². The van der Waals surface area contributed by atoms with Gasteiger partial charge >= 0.3 is 5.97 Å². The molecule has 0 aliphatic rings. The first-order valence-corrected chi connectivity index (χ1v) is 6.69. The number of esters is 1. The maximum absolute atomic E-state index is 11.8. The minimum atomic E-state index is -0.408. The molecule has 0 N–H and O–H groups in total. The molecule has 0 bridgehead atoms. The molecule has 0 aliphatic heterocycles. The number of benzene rings is 1. The van der Waals surface area contributed by atoms with Crippen LogP contribution in [0.4, 0.5) is 0 Å². The van der Waals surface area contributed by atoms with Gasteiger partial charge in [-0.05, 0) is 48.8 Å². The third-order valence-corrected chi connectivity index (χ3v) is 2.75. The van der Waals surface area contributed by atoms with Crippen LogP contribution in [0.15, 0.2) is 16.6 Å². The maximum atomic E-state index is 11.8. The summed E-state index contributed by atoms with van der Waals surface area (Å²) in [5.41, 5.74) is 0.380. The number of rotatable bonds is 6. The van der Waals surface area contributed by atoms with Crippen molar-refractivity contribution < 1.29 is 19.0 Å². The third kappa shape index (κ3) is 3.63. The molecule has 0 atom stereocenters. The molecule has 0 amide bonds. The van der Waals surface area contributed by atoms with Crippen LogP contribution in [0.2, 0.25) is 0 Å².